The minimum atomic E-state index is -0.435. The molecule has 0 bridgehead atoms. The topological polar surface area (TPSA) is 35.2 Å². The molecule has 1 fully saturated rings. The van der Waals surface area contributed by atoms with E-state index in [0.717, 1.165) is 12.8 Å². The molecule has 0 radical (unpaired) electrons. The van der Waals surface area contributed by atoms with Gasteiger partial charge in [-0.05, 0) is 37.8 Å². The summed E-state index contributed by atoms with van der Waals surface area (Å²) in [6.45, 7) is 2.56. The van der Waals surface area contributed by atoms with E-state index in [9.17, 15) is 4.39 Å². The second kappa shape index (κ2) is 7.39. The van der Waals surface area contributed by atoms with Gasteiger partial charge < -0.3 is 10.5 Å². The largest absolute Gasteiger partial charge is 0.376 e. The summed E-state index contributed by atoms with van der Waals surface area (Å²) in [5.41, 5.74) is 6.80. The molecule has 2 nitrogen and oxygen atoms in total. The van der Waals surface area contributed by atoms with Crippen molar-refractivity contribution in [3.05, 3.63) is 34.6 Å². The Morgan fingerprint density at radius 3 is 2.65 bits per heavy atom. The lowest BCUT2D eigenvalue weighted by atomic mass is 9.81. The maximum absolute atomic E-state index is 14.0. The SMILES string of the molecule is CCOC(C1CCCCC1)C(N)c1ccc(Cl)cc1F. The number of halogens is 2. The van der Waals surface area contributed by atoms with Crippen LogP contribution in [-0.4, -0.2) is 12.7 Å². The third-order valence-corrected chi connectivity index (χ3v) is 4.38. The molecule has 4 heteroatoms. The number of benzene rings is 1. The van der Waals surface area contributed by atoms with E-state index in [-0.39, 0.29) is 11.9 Å². The van der Waals surface area contributed by atoms with Gasteiger partial charge in [0.05, 0.1) is 12.1 Å². The van der Waals surface area contributed by atoms with Crippen molar-refractivity contribution in [2.24, 2.45) is 11.7 Å². The van der Waals surface area contributed by atoms with Crippen LogP contribution < -0.4 is 5.73 Å². The van der Waals surface area contributed by atoms with Crippen LogP contribution in [-0.2, 0) is 4.74 Å². The van der Waals surface area contributed by atoms with E-state index < -0.39 is 6.04 Å². The highest BCUT2D eigenvalue weighted by atomic mass is 35.5. The first-order chi connectivity index (χ1) is 9.63. The normalized spacial score (nSPS) is 19.8. The molecule has 1 saturated carbocycles. The lowest BCUT2D eigenvalue weighted by Crippen LogP contribution is -2.37. The second-order valence-corrected chi connectivity index (χ2v) is 5.95. The molecule has 0 spiro atoms. The number of rotatable bonds is 5. The standard InChI is InChI=1S/C16H23ClFNO/c1-2-20-16(11-6-4-3-5-7-11)15(19)13-9-8-12(17)10-14(13)18/h8-11,15-16H,2-7,19H2,1H3. The fourth-order valence-electron chi connectivity index (χ4n) is 3.14. The average Bonchev–Trinajstić information content (AvgIpc) is 2.45. The minimum absolute atomic E-state index is 0.115. The summed E-state index contributed by atoms with van der Waals surface area (Å²) >= 11 is 5.80. The monoisotopic (exact) mass is 299 g/mol. The molecule has 1 aliphatic rings. The zero-order valence-corrected chi connectivity index (χ0v) is 12.7. The Morgan fingerprint density at radius 2 is 2.05 bits per heavy atom. The summed E-state index contributed by atoms with van der Waals surface area (Å²) < 4.78 is 19.9. The maximum atomic E-state index is 14.0. The van der Waals surface area contributed by atoms with E-state index in [2.05, 4.69) is 0 Å². The van der Waals surface area contributed by atoms with Crippen LogP contribution in [0.15, 0.2) is 18.2 Å². The highest BCUT2D eigenvalue weighted by Gasteiger charge is 2.31. The van der Waals surface area contributed by atoms with Crippen molar-refractivity contribution in [1.29, 1.82) is 0 Å². The summed E-state index contributed by atoms with van der Waals surface area (Å²) in [7, 11) is 0. The van der Waals surface area contributed by atoms with Gasteiger partial charge in [0.1, 0.15) is 5.82 Å². The molecule has 0 aromatic heterocycles. The first-order valence-corrected chi connectivity index (χ1v) is 7.83. The third kappa shape index (κ3) is 3.72. The average molecular weight is 300 g/mol. The Labute approximate surface area is 125 Å². The van der Waals surface area contributed by atoms with Gasteiger partial charge in [-0.1, -0.05) is 36.9 Å². The van der Waals surface area contributed by atoms with Crippen molar-refractivity contribution in [3.63, 3.8) is 0 Å². The molecule has 2 N–H and O–H groups in total. The Morgan fingerprint density at radius 1 is 1.35 bits per heavy atom. The van der Waals surface area contributed by atoms with Gasteiger partial charge in [0.25, 0.3) is 0 Å². The first kappa shape index (κ1) is 15.7. The van der Waals surface area contributed by atoms with Gasteiger partial charge in [0.15, 0.2) is 0 Å². The summed E-state index contributed by atoms with van der Waals surface area (Å²) in [5.74, 6) is 0.0827. The molecular formula is C16H23ClFNO. The van der Waals surface area contributed by atoms with Crippen LogP contribution >= 0.6 is 11.6 Å². The lowest BCUT2D eigenvalue weighted by molar-refractivity contribution is -0.0105. The zero-order valence-electron chi connectivity index (χ0n) is 11.9. The zero-order chi connectivity index (χ0) is 14.5. The fraction of sp³-hybridized carbons (Fsp3) is 0.625. The van der Waals surface area contributed by atoms with Crippen LogP contribution in [0.2, 0.25) is 5.02 Å². The molecule has 20 heavy (non-hydrogen) atoms. The van der Waals surface area contributed by atoms with Crippen LogP contribution in [0, 0.1) is 11.7 Å². The molecule has 1 aromatic rings. The van der Waals surface area contributed by atoms with E-state index in [1.54, 1.807) is 12.1 Å². The quantitative estimate of drug-likeness (QED) is 0.871. The second-order valence-electron chi connectivity index (χ2n) is 5.51. The molecule has 2 atom stereocenters. The molecule has 2 rings (SSSR count). The Kier molecular flexibility index (Phi) is 5.82. The highest BCUT2D eigenvalue weighted by molar-refractivity contribution is 6.30. The molecule has 1 aliphatic carbocycles. The van der Waals surface area contributed by atoms with Gasteiger partial charge in [-0.3, -0.25) is 0 Å². The van der Waals surface area contributed by atoms with Crippen molar-refractivity contribution in [1.82, 2.24) is 0 Å². The molecule has 0 heterocycles. The lowest BCUT2D eigenvalue weighted by Gasteiger charge is -2.34. The van der Waals surface area contributed by atoms with Crippen LogP contribution in [0.3, 0.4) is 0 Å². The van der Waals surface area contributed by atoms with Crippen LogP contribution in [0.5, 0.6) is 0 Å². The molecule has 2 unspecified atom stereocenters. The fourth-order valence-corrected chi connectivity index (χ4v) is 3.30. The Balaban J connectivity index is 2.18. The number of hydrogen-bond acceptors (Lipinski definition) is 2. The molecule has 1 aromatic carbocycles. The Hall–Kier alpha value is -0.640. The van der Waals surface area contributed by atoms with Gasteiger partial charge in [-0.25, -0.2) is 4.39 Å². The van der Waals surface area contributed by atoms with Gasteiger partial charge in [0, 0.05) is 17.2 Å². The van der Waals surface area contributed by atoms with Crippen molar-refractivity contribution in [2.75, 3.05) is 6.61 Å². The smallest absolute Gasteiger partial charge is 0.129 e. The Bertz CT molecular complexity index is 434. The summed E-state index contributed by atoms with van der Waals surface area (Å²) in [6.07, 6.45) is 5.82. The maximum Gasteiger partial charge on any atom is 0.129 e. The predicted molar refractivity (Wildman–Crippen MR) is 80.3 cm³/mol. The van der Waals surface area contributed by atoms with Crippen LogP contribution in [0.4, 0.5) is 4.39 Å². The number of hydrogen-bond donors (Lipinski definition) is 1. The summed E-state index contributed by atoms with van der Waals surface area (Å²) in [5, 5.41) is 0.393. The van der Waals surface area contributed by atoms with E-state index >= 15 is 0 Å². The number of ether oxygens (including phenoxy) is 1. The van der Waals surface area contributed by atoms with Gasteiger partial charge in [-0.15, -0.1) is 0 Å². The van der Waals surface area contributed by atoms with Crippen molar-refractivity contribution < 1.29 is 9.13 Å². The van der Waals surface area contributed by atoms with Crippen molar-refractivity contribution in [3.8, 4) is 0 Å². The molecule has 112 valence electrons. The summed E-state index contributed by atoms with van der Waals surface area (Å²) in [4.78, 5) is 0. The predicted octanol–water partition coefficient (Wildman–Crippen LogP) is 4.46. The van der Waals surface area contributed by atoms with Crippen LogP contribution in [0.25, 0.3) is 0 Å². The molecule has 0 amide bonds. The first-order valence-electron chi connectivity index (χ1n) is 7.45. The summed E-state index contributed by atoms with van der Waals surface area (Å²) in [6, 6.07) is 4.25. The molecular weight excluding hydrogens is 277 g/mol. The van der Waals surface area contributed by atoms with Crippen molar-refractivity contribution in [2.45, 2.75) is 51.2 Å². The highest BCUT2D eigenvalue weighted by Crippen LogP contribution is 2.34. The van der Waals surface area contributed by atoms with Gasteiger partial charge in [-0.2, -0.15) is 0 Å². The van der Waals surface area contributed by atoms with E-state index in [1.807, 2.05) is 6.92 Å². The third-order valence-electron chi connectivity index (χ3n) is 4.15. The van der Waals surface area contributed by atoms with Crippen molar-refractivity contribution >= 4 is 11.6 Å². The molecule has 0 saturated heterocycles. The van der Waals surface area contributed by atoms with E-state index in [1.165, 1.54) is 25.3 Å². The minimum Gasteiger partial charge on any atom is -0.376 e. The van der Waals surface area contributed by atoms with E-state index in [4.69, 9.17) is 22.1 Å². The van der Waals surface area contributed by atoms with E-state index in [0.29, 0.717) is 23.1 Å². The van der Waals surface area contributed by atoms with Gasteiger partial charge >= 0.3 is 0 Å². The van der Waals surface area contributed by atoms with Crippen LogP contribution in [0.1, 0.15) is 50.6 Å². The molecule has 0 aliphatic heterocycles. The number of nitrogens with two attached hydrogens (primary N) is 1. The van der Waals surface area contributed by atoms with Gasteiger partial charge in [0.2, 0.25) is 0 Å².